The molecule has 1 unspecified atom stereocenters. The number of hydrogen-bond acceptors (Lipinski definition) is 3. The molecule has 4 rings (SSSR count). The molecule has 4 nitrogen and oxygen atoms in total. The average Bonchev–Trinajstić information content (AvgIpc) is 3.17. The summed E-state index contributed by atoms with van der Waals surface area (Å²) in [6, 6.07) is 11.8. The van der Waals surface area contributed by atoms with Gasteiger partial charge in [-0.15, -0.1) is 0 Å². The summed E-state index contributed by atoms with van der Waals surface area (Å²) in [7, 11) is 1.66. The summed E-state index contributed by atoms with van der Waals surface area (Å²) in [6.07, 6.45) is 5.28. The normalized spacial score (nSPS) is 19.3. The zero-order chi connectivity index (χ0) is 18.1. The number of methoxy groups -OCH3 is 1. The van der Waals surface area contributed by atoms with Crippen molar-refractivity contribution in [2.75, 3.05) is 20.2 Å². The first kappa shape index (κ1) is 17.0. The van der Waals surface area contributed by atoms with Gasteiger partial charge in [0.15, 0.2) is 0 Å². The Balaban J connectivity index is 1.50. The van der Waals surface area contributed by atoms with Crippen LogP contribution in [0.4, 0.5) is 0 Å². The maximum atomic E-state index is 13.0. The number of carbonyl (C=O) groups is 1. The molecular formula is C22H25NO3. The summed E-state index contributed by atoms with van der Waals surface area (Å²) in [6.45, 7) is 1.42. The number of aromatic hydroxyl groups is 1. The maximum absolute atomic E-state index is 13.0. The molecule has 0 bridgehead atoms. The largest absolute Gasteiger partial charge is 0.507 e. The topological polar surface area (TPSA) is 49.8 Å². The third-order valence-electron chi connectivity index (χ3n) is 5.75. The minimum atomic E-state index is -0.0492. The first-order valence-corrected chi connectivity index (χ1v) is 9.43. The number of benzene rings is 2. The van der Waals surface area contributed by atoms with Crippen LogP contribution in [0.5, 0.6) is 11.5 Å². The van der Waals surface area contributed by atoms with Gasteiger partial charge in [0, 0.05) is 19.0 Å². The van der Waals surface area contributed by atoms with E-state index in [1.54, 1.807) is 13.2 Å². The fraction of sp³-hybridized carbons (Fsp3) is 0.409. The van der Waals surface area contributed by atoms with E-state index >= 15 is 0 Å². The van der Waals surface area contributed by atoms with Crippen LogP contribution in [0.2, 0.25) is 0 Å². The first-order valence-electron chi connectivity index (χ1n) is 9.43. The van der Waals surface area contributed by atoms with Crippen molar-refractivity contribution in [3.05, 3.63) is 58.7 Å². The van der Waals surface area contributed by atoms with E-state index in [1.807, 2.05) is 23.1 Å². The molecule has 1 heterocycles. The third kappa shape index (κ3) is 3.16. The molecule has 0 radical (unpaired) electrons. The molecule has 1 saturated heterocycles. The van der Waals surface area contributed by atoms with E-state index < -0.39 is 0 Å². The monoisotopic (exact) mass is 351 g/mol. The quantitative estimate of drug-likeness (QED) is 0.912. The highest BCUT2D eigenvalue weighted by Gasteiger charge is 2.30. The van der Waals surface area contributed by atoms with Crippen molar-refractivity contribution in [3.63, 3.8) is 0 Å². The molecule has 0 aromatic heterocycles. The number of aryl methyl sites for hydroxylation is 2. The smallest absolute Gasteiger partial charge is 0.257 e. The SMILES string of the molecule is COc1ccc(C2CCN(C(=O)c3cc4c(cc3O)CCCC4)C2)cc1. The highest BCUT2D eigenvalue weighted by atomic mass is 16.5. The first-order chi connectivity index (χ1) is 12.7. The second-order valence-corrected chi connectivity index (χ2v) is 7.36. The van der Waals surface area contributed by atoms with Gasteiger partial charge in [0.25, 0.3) is 5.91 Å². The Morgan fingerprint density at radius 2 is 1.81 bits per heavy atom. The molecule has 1 aliphatic carbocycles. The van der Waals surface area contributed by atoms with Gasteiger partial charge in [0.2, 0.25) is 0 Å². The Morgan fingerprint density at radius 1 is 1.12 bits per heavy atom. The van der Waals surface area contributed by atoms with Crippen LogP contribution in [0.3, 0.4) is 0 Å². The van der Waals surface area contributed by atoms with E-state index in [1.165, 1.54) is 16.7 Å². The van der Waals surface area contributed by atoms with Crippen LogP contribution in [0.1, 0.15) is 52.2 Å². The number of phenols is 1. The Kier molecular flexibility index (Phi) is 4.58. The molecule has 1 aliphatic heterocycles. The minimum absolute atomic E-state index is 0.0492. The Morgan fingerprint density at radius 3 is 2.50 bits per heavy atom. The van der Waals surface area contributed by atoms with E-state index in [0.717, 1.165) is 44.4 Å². The summed E-state index contributed by atoms with van der Waals surface area (Å²) < 4.78 is 5.22. The average molecular weight is 351 g/mol. The number of rotatable bonds is 3. The van der Waals surface area contributed by atoms with Gasteiger partial charge in [0.05, 0.1) is 12.7 Å². The lowest BCUT2D eigenvalue weighted by Crippen LogP contribution is -2.28. The van der Waals surface area contributed by atoms with Gasteiger partial charge < -0.3 is 14.7 Å². The van der Waals surface area contributed by atoms with Crippen molar-refractivity contribution < 1.29 is 14.6 Å². The molecule has 4 heteroatoms. The summed E-state index contributed by atoms with van der Waals surface area (Å²) in [5.74, 6) is 1.26. The van der Waals surface area contributed by atoms with Gasteiger partial charge in [-0.3, -0.25) is 4.79 Å². The molecule has 136 valence electrons. The van der Waals surface area contributed by atoms with Crippen molar-refractivity contribution in [1.82, 2.24) is 4.90 Å². The lowest BCUT2D eigenvalue weighted by Gasteiger charge is -2.21. The summed E-state index contributed by atoms with van der Waals surface area (Å²) in [4.78, 5) is 14.9. The van der Waals surface area contributed by atoms with E-state index in [0.29, 0.717) is 18.0 Å². The molecule has 1 fully saturated rings. The lowest BCUT2D eigenvalue weighted by atomic mass is 9.89. The number of carbonyl (C=O) groups excluding carboxylic acids is 1. The molecular weight excluding hydrogens is 326 g/mol. The van der Waals surface area contributed by atoms with Crippen LogP contribution < -0.4 is 4.74 Å². The second-order valence-electron chi connectivity index (χ2n) is 7.36. The summed E-state index contributed by atoms with van der Waals surface area (Å²) in [5.41, 5.74) is 4.11. The van der Waals surface area contributed by atoms with Crippen molar-refractivity contribution >= 4 is 5.91 Å². The number of fused-ring (bicyclic) bond motifs is 1. The van der Waals surface area contributed by atoms with Crippen molar-refractivity contribution in [2.45, 2.75) is 38.0 Å². The zero-order valence-corrected chi connectivity index (χ0v) is 15.2. The number of hydrogen-bond donors (Lipinski definition) is 1. The third-order valence-corrected chi connectivity index (χ3v) is 5.75. The lowest BCUT2D eigenvalue weighted by molar-refractivity contribution is 0.0787. The number of ether oxygens (including phenoxy) is 1. The van der Waals surface area contributed by atoms with E-state index in [-0.39, 0.29) is 11.7 Å². The van der Waals surface area contributed by atoms with E-state index in [2.05, 4.69) is 12.1 Å². The standard InChI is InChI=1S/C22H25NO3/c1-26-19-8-6-15(7-9-19)18-10-11-23(14-18)22(25)20-12-16-4-2-3-5-17(16)13-21(20)24/h6-9,12-13,18,24H,2-5,10-11,14H2,1H3. The molecule has 2 aliphatic rings. The number of phenolic OH excluding ortho intramolecular Hbond substituents is 1. The van der Waals surface area contributed by atoms with E-state index in [9.17, 15) is 9.90 Å². The van der Waals surface area contributed by atoms with Crippen molar-refractivity contribution in [2.24, 2.45) is 0 Å². The van der Waals surface area contributed by atoms with Crippen molar-refractivity contribution in [3.8, 4) is 11.5 Å². The molecule has 2 aromatic rings. The van der Waals surface area contributed by atoms with E-state index in [4.69, 9.17) is 4.74 Å². The molecule has 0 spiro atoms. The summed E-state index contributed by atoms with van der Waals surface area (Å²) in [5, 5.41) is 10.4. The van der Waals surface area contributed by atoms with Gasteiger partial charge in [-0.2, -0.15) is 0 Å². The number of amides is 1. The van der Waals surface area contributed by atoms with Crippen LogP contribution in [-0.2, 0) is 12.8 Å². The van der Waals surface area contributed by atoms with Crippen LogP contribution >= 0.6 is 0 Å². The van der Waals surface area contributed by atoms with Crippen LogP contribution in [-0.4, -0.2) is 36.1 Å². The molecule has 26 heavy (non-hydrogen) atoms. The highest BCUT2D eigenvalue weighted by molar-refractivity contribution is 5.97. The Hall–Kier alpha value is -2.49. The molecule has 1 amide bonds. The van der Waals surface area contributed by atoms with Crippen LogP contribution in [0, 0.1) is 0 Å². The molecule has 1 N–H and O–H groups in total. The van der Waals surface area contributed by atoms with Gasteiger partial charge in [0.1, 0.15) is 11.5 Å². The molecule has 0 saturated carbocycles. The number of nitrogens with zero attached hydrogens (tertiary/aromatic N) is 1. The highest BCUT2D eigenvalue weighted by Crippen LogP contribution is 2.33. The molecule has 1 atom stereocenters. The zero-order valence-electron chi connectivity index (χ0n) is 15.2. The summed E-state index contributed by atoms with van der Waals surface area (Å²) >= 11 is 0. The molecule has 2 aromatic carbocycles. The second kappa shape index (κ2) is 7.02. The van der Waals surface area contributed by atoms with Gasteiger partial charge in [-0.25, -0.2) is 0 Å². The maximum Gasteiger partial charge on any atom is 0.257 e. The number of likely N-dealkylation sites (tertiary alicyclic amines) is 1. The van der Waals surface area contributed by atoms with Crippen molar-refractivity contribution in [1.29, 1.82) is 0 Å². The van der Waals surface area contributed by atoms with Gasteiger partial charge in [-0.05, 0) is 73.1 Å². The fourth-order valence-corrected chi connectivity index (χ4v) is 4.21. The Labute approximate surface area is 154 Å². The predicted molar refractivity (Wildman–Crippen MR) is 101 cm³/mol. The van der Waals surface area contributed by atoms with Crippen LogP contribution in [0.15, 0.2) is 36.4 Å². The Bertz CT molecular complexity index is 813. The van der Waals surface area contributed by atoms with Gasteiger partial charge in [-0.1, -0.05) is 12.1 Å². The van der Waals surface area contributed by atoms with Crippen LogP contribution in [0.25, 0.3) is 0 Å². The minimum Gasteiger partial charge on any atom is -0.507 e. The van der Waals surface area contributed by atoms with Gasteiger partial charge >= 0.3 is 0 Å². The fourth-order valence-electron chi connectivity index (χ4n) is 4.21. The predicted octanol–water partition coefficient (Wildman–Crippen LogP) is 3.91.